The maximum atomic E-state index is 12.9. The predicted molar refractivity (Wildman–Crippen MR) is 115 cm³/mol. The van der Waals surface area contributed by atoms with Crippen LogP contribution in [0.2, 0.25) is 0 Å². The fourth-order valence-electron chi connectivity index (χ4n) is 3.36. The van der Waals surface area contributed by atoms with Gasteiger partial charge in [-0.15, -0.1) is 10.2 Å². The fraction of sp³-hybridized carbons (Fsp3) is 0.524. The molecule has 0 unspecified atom stereocenters. The van der Waals surface area contributed by atoms with Gasteiger partial charge in [0.15, 0.2) is 0 Å². The number of anilines is 1. The first kappa shape index (κ1) is 22.3. The number of nitrogens with zero attached hydrogens (tertiary/aromatic N) is 3. The highest BCUT2D eigenvalue weighted by atomic mass is 32.1. The molecule has 7 nitrogen and oxygen atoms in total. The number of nitrogens with one attached hydrogen (secondary N) is 2. The number of hydrogen-bond acceptors (Lipinski definition) is 6. The summed E-state index contributed by atoms with van der Waals surface area (Å²) in [4.78, 5) is 26.7. The summed E-state index contributed by atoms with van der Waals surface area (Å²) in [6.45, 7) is 4.05. The van der Waals surface area contributed by atoms with E-state index in [1.165, 1.54) is 63.0 Å². The fourth-order valence-corrected chi connectivity index (χ4v) is 4.10. The Labute approximate surface area is 180 Å². The van der Waals surface area contributed by atoms with Gasteiger partial charge in [-0.3, -0.25) is 9.59 Å². The lowest BCUT2D eigenvalue weighted by Crippen LogP contribution is -2.30. The average molecular weight is 434 g/mol. The molecular weight excluding hydrogens is 405 g/mol. The molecule has 1 saturated heterocycles. The molecule has 0 radical (unpaired) electrons. The van der Waals surface area contributed by atoms with Gasteiger partial charge in [-0.2, -0.15) is 0 Å². The molecule has 1 fully saturated rings. The molecule has 2 aromatic rings. The van der Waals surface area contributed by atoms with Gasteiger partial charge in [-0.05, 0) is 63.2 Å². The lowest BCUT2D eigenvalue weighted by molar-refractivity contribution is -0.121. The van der Waals surface area contributed by atoms with E-state index >= 15 is 0 Å². The zero-order chi connectivity index (χ0) is 21.2. The van der Waals surface area contributed by atoms with Crippen LogP contribution in [-0.2, 0) is 11.2 Å². The van der Waals surface area contributed by atoms with E-state index in [-0.39, 0.29) is 16.7 Å². The number of rotatable bonds is 9. The van der Waals surface area contributed by atoms with E-state index in [1.807, 2.05) is 0 Å². The summed E-state index contributed by atoms with van der Waals surface area (Å²) < 4.78 is 12.9. The molecule has 1 aromatic carbocycles. The molecule has 0 saturated carbocycles. The lowest BCUT2D eigenvalue weighted by Gasteiger charge is -2.19. The van der Waals surface area contributed by atoms with Crippen LogP contribution in [0.25, 0.3) is 0 Å². The lowest BCUT2D eigenvalue weighted by atomic mass is 10.2. The van der Waals surface area contributed by atoms with Crippen molar-refractivity contribution in [3.63, 3.8) is 0 Å². The van der Waals surface area contributed by atoms with Gasteiger partial charge in [0.1, 0.15) is 10.8 Å². The molecule has 1 aliphatic rings. The summed E-state index contributed by atoms with van der Waals surface area (Å²) in [5.74, 6) is -0.784. The summed E-state index contributed by atoms with van der Waals surface area (Å²) >= 11 is 1.16. The zero-order valence-corrected chi connectivity index (χ0v) is 17.8. The maximum Gasteiger partial charge on any atom is 0.286 e. The molecule has 0 aliphatic carbocycles. The van der Waals surface area contributed by atoms with Gasteiger partial charge >= 0.3 is 0 Å². The Balaban J connectivity index is 1.33. The summed E-state index contributed by atoms with van der Waals surface area (Å²) in [5, 5.41) is 14.3. The summed E-state index contributed by atoms with van der Waals surface area (Å²) in [5.41, 5.74) is 0.484. The van der Waals surface area contributed by atoms with Crippen molar-refractivity contribution in [1.82, 2.24) is 20.4 Å². The van der Waals surface area contributed by atoms with Gasteiger partial charge in [-0.25, -0.2) is 4.39 Å². The van der Waals surface area contributed by atoms with Crippen LogP contribution in [0.1, 0.15) is 53.3 Å². The molecule has 9 heteroatoms. The van der Waals surface area contributed by atoms with Crippen LogP contribution < -0.4 is 10.6 Å². The zero-order valence-electron chi connectivity index (χ0n) is 17.0. The van der Waals surface area contributed by atoms with Gasteiger partial charge < -0.3 is 15.5 Å². The van der Waals surface area contributed by atoms with Crippen LogP contribution in [0, 0.1) is 5.82 Å². The number of likely N-dealkylation sites (tertiary alicyclic amines) is 1. The van der Waals surface area contributed by atoms with Crippen LogP contribution >= 0.6 is 11.3 Å². The van der Waals surface area contributed by atoms with Gasteiger partial charge in [-0.1, -0.05) is 24.2 Å². The Morgan fingerprint density at radius 3 is 2.53 bits per heavy atom. The van der Waals surface area contributed by atoms with Gasteiger partial charge in [0.05, 0.1) is 0 Å². The van der Waals surface area contributed by atoms with Crippen molar-refractivity contribution in [2.75, 3.05) is 31.5 Å². The molecule has 162 valence electrons. The van der Waals surface area contributed by atoms with E-state index in [1.54, 1.807) is 0 Å². The molecular formula is C21H28FN5O2S. The molecule has 2 N–H and O–H groups in total. The van der Waals surface area contributed by atoms with Gasteiger partial charge in [0, 0.05) is 25.1 Å². The average Bonchev–Trinajstić information content (AvgIpc) is 3.07. The molecule has 0 atom stereocenters. The Kier molecular flexibility index (Phi) is 8.70. The van der Waals surface area contributed by atoms with E-state index < -0.39 is 5.91 Å². The maximum absolute atomic E-state index is 12.9. The van der Waals surface area contributed by atoms with Crippen LogP contribution in [-0.4, -0.2) is 53.1 Å². The van der Waals surface area contributed by atoms with E-state index in [9.17, 15) is 14.0 Å². The van der Waals surface area contributed by atoms with E-state index in [4.69, 9.17) is 0 Å². The number of carbonyl (C=O) groups excluding carboxylic acids is 2. The minimum absolute atomic E-state index is 0.0154. The molecule has 0 spiro atoms. The van der Waals surface area contributed by atoms with E-state index in [2.05, 4.69) is 25.7 Å². The highest BCUT2D eigenvalue weighted by molar-refractivity contribution is 7.13. The number of aromatic nitrogens is 2. The number of halogens is 1. The van der Waals surface area contributed by atoms with Crippen molar-refractivity contribution >= 4 is 28.8 Å². The van der Waals surface area contributed by atoms with Crippen LogP contribution in [0.4, 0.5) is 10.1 Å². The second-order valence-electron chi connectivity index (χ2n) is 7.42. The second-order valence-corrected chi connectivity index (χ2v) is 8.48. The van der Waals surface area contributed by atoms with Crippen LogP contribution in [0.5, 0.6) is 0 Å². The third-order valence-corrected chi connectivity index (χ3v) is 5.98. The number of hydrogen-bond donors (Lipinski definition) is 2. The molecule has 3 rings (SSSR count). The highest BCUT2D eigenvalue weighted by Gasteiger charge is 2.14. The molecule has 2 heterocycles. The SMILES string of the molecule is O=C(CCc1nnc(C(=O)Nc2ccc(F)cc2)s1)NCCCN1CCCCCC1. The van der Waals surface area contributed by atoms with Gasteiger partial charge in [0.2, 0.25) is 10.9 Å². The van der Waals surface area contributed by atoms with Crippen molar-refractivity contribution in [3.8, 4) is 0 Å². The topological polar surface area (TPSA) is 87.2 Å². The third-order valence-electron chi connectivity index (χ3n) is 5.00. The normalized spacial score (nSPS) is 14.8. The molecule has 1 aromatic heterocycles. The number of amides is 2. The van der Waals surface area contributed by atoms with Crippen molar-refractivity contribution in [3.05, 3.63) is 40.1 Å². The van der Waals surface area contributed by atoms with E-state index in [0.29, 0.717) is 30.1 Å². The first-order chi connectivity index (χ1) is 14.6. The highest BCUT2D eigenvalue weighted by Crippen LogP contribution is 2.15. The Morgan fingerprint density at radius 1 is 1.07 bits per heavy atom. The Bertz CT molecular complexity index is 819. The van der Waals surface area contributed by atoms with Gasteiger partial charge in [0.25, 0.3) is 5.91 Å². The summed E-state index contributed by atoms with van der Waals surface area (Å²) in [6, 6.07) is 5.50. The minimum Gasteiger partial charge on any atom is -0.356 e. The Hall–Kier alpha value is -2.39. The first-order valence-electron chi connectivity index (χ1n) is 10.5. The molecule has 30 heavy (non-hydrogen) atoms. The number of carbonyl (C=O) groups is 2. The minimum atomic E-state index is -0.400. The number of benzene rings is 1. The van der Waals surface area contributed by atoms with Crippen molar-refractivity contribution in [2.45, 2.75) is 44.9 Å². The largest absolute Gasteiger partial charge is 0.356 e. The quantitative estimate of drug-likeness (QED) is 0.593. The second kappa shape index (κ2) is 11.7. The monoisotopic (exact) mass is 433 g/mol. The van der Waals surface area contributed by atoms with Crippen LogP contribution in [0.15, 0.2) is 24.3 Å². The molecule has 1 aliphatic heterocycles. The molecule has 0 bridgehead atoms. The van der Waals surface area contributed by atoms with Crippen molar-refractivity contribution < 1.29 is 14.0 Å². The van der Waals surface area contributed by atoms with Crippen molar-refractivity contribution in [2.24, 2.45) is 0 Å². The Morgan fingerprint density at radius 2 is 1.80 bits per heavy atom. The third kappa shape index (κ3) is 7.46. The first-order valence-corrected chi connectivity index (χ1v) is 11.3. The van der Waals surface area contributed by atoms with Crippen LogP contribution in [0.3, 0.4) is 0 Å². The standard InChI is InChI=1S/C21H28FN5O2S/c22-16-6-8-17(9-7-16)24-20(29)21-26-25-19(30-21)11-10-18(28)23-12-5-15-27-13-3-1-2-4-14-27/h6-9H,1-5,10-15H2,(H,23,28)(H,24,29). The predicted octanol–water partition coefficient (Wildman–Crippen LogP) is 3.24. The summed E-state index contributed by atoms with van der Waals surface area (Å²) in [7, 11) is 0. The smallest absolute Gasteiger partial charge is 0.286 e. The summed E-state index contributed by atoms with van der Waals surface area (Å²) in [6.07, 6.45) is 6.93. The molecule has 2 amide bonds. The number of aryl methyl sites for hydroxylation is 1. The van der Waals surface area contributed by atoms with E-state index in [0.717, 1.165) is 24.3 Å². The van der Waals surface area contributed by atoms with Crippen molar-refractivity contribution in [1.29, 1.82) is 0 Å².